The smallest absolute Gasteiger partial charge is 0.339 e. The van der Waals surface area contributed by atoms with Crippen LogP contribution in [-0.2, 0) is 4.74 Å². The van der Waals surface area contributed by atoms with Gasteiger partial charge in [0.25, 0.3) is 5.91 Å². The number of amides is 1. The van der Waals surface area contributed by atoms with E-state index in [0.717, 1.165) is 19.3 Å². The Bertz CT molecular complexity index is 1030. The number of likely N-dealkylation sites (tertiary alicyclic amines) is 1. The number of H-pyrrole nitrogens is 1. The molecule has 1 aliphatic rings. The fourth-order valence-electron chi connectivity index (χ4n) is 3.52. The summed E-state index contributed by atoms with van der Waals surface area (Å²) in [6, 6.07) is 7.19. The summed E-state index contributed by atoms with van der Waals surface area (Å²) in [6.07, 6.45) is 3.95. The second-order valence-electron chi connectivity index (χ2n) is 6.72. The van der Waals surface area contributed by atoms with Gasteiger partial charge in [0.05, 0.1) is 29.7 Å². The van der Waals surface area contributed by atoms with E-state index in [1.54, 1.807) is 11.0 Å². The predicted octanol–water partition coefficient (Wildman–Crippen LogP) is 3.25. The number of hydrogen-bond donors (Lipinski definition) is 1. The second-order valence-corrected chi connectivity index (χ2v) is 6.72. The van der Waals surface area contributed by atoms with Gasteiger partial charge in [0.2, 0.25) is 0 Å². The number of piperidine rings is 1. The van der Waals surface area contributed by atoms with Crippen LogP contribution in [0.15, 0.2) is 36.5 Å². The van der Waals surface area contributed by atoms with E-state index >= 15 is 0 Å². The van der Waals surface area contributed by atoms with Crippen molar-refractivity contribution >= 4 is 22.9 Å². The summed E-state index contributed by atoms with van der Waals surface area (Å²) in [6.45, 7) is 0.579. The van der Waals surface area contributed by atoms with Crippen molar-refractivity contribution in [3.8, 4) is 0 Å². The molecule has 3 aromatic rings. The number of esters is 1. The van der Waals surface area contributed by atoms with Crippen molar-refractivity contribution in [3.05, 3.63) is 59.4 Å². The maximum atomic E-state index is 13.5. The number of imidazole rings is 1. The van der Waals surface area contributed by atoms with E-state index in [1.807, 2.05) is 0 Å². The molecule has 7 nitrogen and oxygen atoms in total. The summed E-state index contributed by atoms with van der Waals surface area (Å²) in [5, 5.41) is 0. The van der Waals surface area contributed by atoms with E-state index in [2.05, 4.69) is 19.7 Å². The Morgan fingerprint density at radius 1 is 1.25 bits per heavy atom. The zero-order chi connectivity index (χ0) is 19.7. The highest BCUT2D eigenvalue weighted by molar-refractivity contribution is 5.94. The van der Waals surface area contributed by atoms with Crippen LogP contribution in [0.2, 0.25) is 0 Å². The molecule has 1 amide bonds. The fraction of sp³-hybridized carbons (Fsp3) is 0.300. The van der Waals surface area contributed by atoms with Gasteiger partial charge < -0.3 is 14.6 Å². The molecule has 0 bridgehead atoms. The van der Waals surface area contributed by atoms with Crippen LogP contribution in [0.4, 0.5) is 4.39 Å². The molecule has 1 aliphatic heterocycles. The summed E-state index contributed by atoms with van der Waals surface area (Å²) in [4.78, 5) is 38.2. The third-order valence-corrected chi connectivity index (χ3v) is 4.95. The predicted molar refractivity (Wildman–Crippen MR) is 99.3 cm³/mol. The van der Waals surface area contributed by atoms with Gasteiger partial charge in [-0.1, -0.05) is 0 Å². The van der Waals surface area contributed by atoms with Gasteiger partial charge in [-0.2, -0.15) is 0 Å². The number of carbonyl (C=O) groups excluding carboxylic acids is 2. The van der Waals surface area contributed by atoms with E-state index in [4.69, 9.17) is 0 Å². The second kappa shape index (κ2) is 7.38. The molecule has 8 heteroatoms. The van der Waals surface area contributed by atoms with Crippen molar-refractivity contribution in [3.63, 3.8) is 0 Å². The maximum absolute atomic E-state index is 13.5. The number of ether oxygens (including phenoxy) is 1. The molecular formula is C20H19FN4O3. The Morgan fingerprint density at radius 2 is 2.11 bits per heavy atom. The quantitative estimate of drug-likeness (QED) is 0.703. The van der Waals surface area contributed by atoms with Crippen LogP contribution in [0.5, 0.6) is 0 Å². The van der Waals surface area contributed by atoms with E-state index in [-0.39, 0.29) is 29.0 Å². The Labute approximate surface area is 160 Å². The van der Waals surface area contributed by atoms with Crippen LogP contribution in [0.1, 0.15) is 52.0 Å². The largest absolute Gasteiger partial charge is 0.465 e. The standard InChI is InChI=1S/C20H19FN4O3/c1-28-20(27)12-5-7-15(22-11-12)19(26)25-9-3-2-4-17(25)18-23-14-8-6-13(21)10-16(14)24-18/h5-8,10-11,17H,2-4,9H2,1H3,(H,23,24)/t17-/m1/s1. The average molecular weight is 382 g/mol. The lowest BCUT2D eigenvalue weighted by molar-refractivity contribution is 0.0583. The topological polar surface area (TPSA) is 88.2 Å². The maximum Gasteiger partial charge on any atom is 0.339 e. The van der Waals surface area contributed by atoms with Crippen LogP contribution in [0.25, 0.3) is 11.0 Å². The van der Waals surface area contributed by atoms with Crippen molar-refractivity contribution in [1.29, 1.82) is 0 Å². The van der Waals surface area contributed by atoms with E-state index in [1.165, 1.54) is 37.6 Å². The van der Waals surface area contributed by atoms with Gasteiger partial charge in [0.1, 0.15) is 17.3 Å². The van der Waals surface area contributed by atoms with E-state index in [9.17, 15) is 14.0 Å². The number of halogens is 1. The zero-order valence-electron chi connectivity index (χ0n) is 15.3. The minimum absolute atomic E-state index is 0.229. The minimum atomic E-state index is -0.503. The summed E-state index contributed by atoms with van der Waals surface area (Å²) in [7, 11) is 1.29. The minimum Gasteiger partial charge on any atom is -0.465 e. The first-order valence-electron chi connectivity index (χ1n) is 9.07. The van der Waals surface area contributed by atoms with Crippen molar-refractivity contribution in [2.75, 3.05) is 13.7 Å². The Balaban J connectivity index is 1.62. The van der Waals surface area contributed by atoms with Gasteiger partial charge >= 0.3 is 5.97 Å². The molecule has 28 heavy (non-hydrogen) atoms. The Kier molecular flexibility index (Phi) is 4.77. The first-order valence-corrected chi connectivity index (χ1v) is 9.07. The number of carbonyl (C=O) groups is 2. The van der Waals surface area contributed by atoms with Crippen LogP contribution in [-0.4, -0.2) is 45.4 Å². The SMILES string of the molecule is COC(=O)c1ccc(C(=O)N2CCCC[C@@H]2c2nc3ccc(F)cc3[nH]2)nc1. The highest BCUT2D eigenvalue weighted by Gasteiger charge is 2.31. The van der Waals surface area contributed by atoms with Crippen molar-refractivity contribution in [2.24, 2.45) is 0 Å². The fourth-order valence-corrected chi connectivity index (χ4v) is 3.52. The summed E-state index contributed by atoms with van der Waals surface area (Å²) >= 11 is 0. The van der Waals surface area contributed by atoms with Crippen LogP contribution < -0.4 is 0 Å². The van der Waals surface area contributed by atoms with Gasteiger partial charge in [0.15, 0.2) is 0 Å². The van der Waals surface area contributed by atoms with Crippen LogP contribution in [0, 0.1) is 5.82 Å². The molecule has 0 saturated carbocycles. The number of aromatic amines is 1. The summed E-state index contributed by atoms with van der Waals surface area (Å²) < 4.78 is 18.1. The molecule has 0 radical (unpaired) electrons. The Hall–Kier alpha value is -3.29. The molecule has 2 aromatic heterocycles. The lowest BCUT2D eigenvalue weighted by Crippen LogP contribution is -2.39. The zero-order valence-corrected chi connectivity index (χ0v) is 15.3. The number of benzene rings is 1. The van der Waals surface area contributed by atoms with Crippen LogP contribution in [0.3, 0.4) is 0 Å². The third kappa shape index (κ3) is 3.33. The number of methoxy groups -OCH3 is 1. The number of nitrogens with one attached hydrogen (secondary N) is 1. The molecule has 1 aromatic carbocycles. The lowest BCUT2D eigenvalue weighted by atomic mass is 10.0. The van der Waals surface area contributed by atoms with Gasteiger partial charge in [-0.3, -0.25) is 9.78 Å². The molecular weight excluding hydrogens is 363 g/mol. The number of pyridine rings is 1. The Morgan fingerprint density at radius 3 is 2.86 bits per heavy atom. The molecule has 0 unspecified atom stereocenters. The lowest BCUT2D eigenvalue weighted by Gasteiger charge is -2.34. The van der Waals surface area contributed by atoms with Gasteiger partial charge in [0, 0.05) is 12.7 Å². The average Bonchev–Trinajstić information content (AvgIpc) is 3.15. The van der Waals surface area contributed by atoms with Gasteiger partial charge in [-0.05, 0) is 49.6 Å². The highest BCUT2D eigenvalue weighted by Crippen LogP contribution is 2.31. The molecule has 1 saturated heterocycles. The molecule has 3 heterocycles. The molecule has 1 atom stereocenters. The summed E-state index contributed by atoms with van der Waals surface area (Å²) in [5.41, 5.74) is 1.80. The van der Waals surface area contributed by atoms with Gasteiger partial charge in [-0.15, -0.1) is 0 Å². The van der Waals surface area contributed by atoms with Crippen molar-refractivity contribution < 1.29 is 18.7 Å². The summed E-state index contributed by atoms with van der Waals surface area (Å²) in [5.74, 6) is -0.432. The normalized spacial score (nSPS) is 16.9. The van der Waals surface area contributed by atoms with Crippen molar-refractivity contribution in [2.45, 2.75) is 25.3 Å². The van der Waals surface area contributed by atoms with Gasteiger partial charge in [-0.25, -0.2) is 14.2 Å². The molecule has 1 fully saturated rings. The number of nitrogens with zero attached hydrogens (tertiary/aromatic N) is 3. The van der Waals surface area contributed by atoms with Crippen molar-refractivity contribution in [1.82, 2.24) is 19.9 Å². The first kappa shape index (κ1) is 18.1. The molecule has 0 spiro atoms. The van der Waals surface area contributed by atoms with Crippen LogP contribution >= 0.6 is 0 Å². The van der Waals surface area contributed by atoms with E-state index in [0.29, 0.717) is 23.4 Å². The molecule has 1 N–H and O–H groups in total. The first-order chi connectivity index (χ1) is 13.6. The molecule has 0 aliphatic carbocycles. The monoisotopic (exact) mass is 382 g/mol. The third-order valence-electron chi connectivity index (χ3n) is 4.95. The molecule has 4 rings (SSSR count). The van der Waals surface area contributed by atoms with E-state index < -0.39 is 5.97 Å². The highest BCUT2D eigenvalue weighted by atomic mass is 19.1. The number of aromatic nitrogens is 3. The number of fused-ring (bicyclic) bond motifs is 1. The number of hydrogen-bond acceptors (Lipinski definition) is 5. The number of rotatable bonds is 3. The molecule has 144 valence electrons.